The number of hydrogen-bond acceptors (Lipinski definition) is 4. The third-order valence-corrected chi connectivity index (χ3v) is 3.57. The molecule has 1 heterocycles. The second kappa shape index (κ2) is 9.26. The van der Waals surface area contributed by atoms with Crippen LogP contribution in [0.4, 0.5) is 4.79 Å². The largest absolute Gasteiger partial charge is 0.444 e. The number of carbonyl (C=O) groups excluding carboxylic acids is 1. The number of unbranched alkanes of at least 4 members (excludes halogenated alkanes) is 1. The molecule has 1 saturated heterocycles. The first-order valence-electron chi connectivity index (χ1n) is 8.34. The van der Waals surface area contributed by atoms with Crippen molar-refractivity contribution >= 4 is 6.09 Å². The zero-order valence-corrected chi connectivity index (χ0v) is 14.1. The molecule has 2 unspecified atom stereocenters. The average Bonchev–Trinajstić information content (AvgIpc) is 2.41. The van der Waals surface area contributed by atoms with Gasteiger partial charge in [-0.15, -0.1) is 0 Å². The minimum absolute atomic E-state index is 0.322. The van der Waals surface area contributed by atoms with E-state index in [-0.39, 0.29) is 6.09 Å². The molecule has 1 rings (SSSR count). The lowest BCUT2D eigenvalue weighted by atomic mass is 10.0. The maximum atomic E-state index is 11.8. The molecule has 1 amide bonds. The fourth-order valence-electron chi connectivity index (χ4n) is 2.54. The molecule has 21 heavy (non-hydrogen) atoms. The van der Waals surface area contributed by atoms with Crippen molar-refractivity contribution < 1.29 is 9.53 Å². The van der Waals surface area contributed by atoms with E-state index in [0.717, 1.165) is 19.5 Å². The molecule has 0 spiro atoms. The number of carbonyl (C=O) groups is 1. The minimum Gasteiger partial charge on any atom is -0.444 e. The van der Waals surface area contributed by atoms with Crippen LogP contribution in [-0.2, 0) is 4.74 Å². The second-order valence-corrected chi connectivity index (χ2v) is 6.93. The van der Waals surface area contributed by atoms with Gasteiger partial charge >= 0.3 is 6.09 Å². The molecule has 1 aliphatic heterocycles. The zero-order chi connectivity index (χ0) is 15.7. The summed E-state index contributed by atoms with van der Waals surface area (Å²) in [6.07, 6.45) is 5.54. The smallest absolute Gasteiger partial charge is 0.407 e. The van der Waals surface area contributed by atoms with E-state index in [9.17, 15) is 4.79 Å². The van der Waals surface area contributed by atoms with E-state index >= 15 is 0 Å². The molecular formula is C16H33N3O2. The molecule has 5 nitrogen and oxygen atoms in total. The first kappa shape index (κ1) is 18.2. The van der Waals surface area contributed by atoms with Gasteiger partial charge < -0.3 is 20.7 Å². The Morgan fingerprint density at radius 2 is 2.19 bits per heavy atom. The van der Waals surface area contributed by atoms with Crippen molar-refractivity contribution in [3.8, 4) is 0 Å². The van der Waals surface area contributed by atoms with Crippen LogP contribution in [0.5, 0.6) is 0 Å². The molecular weight excluding hydrogens is 266 g/mol. The van der Waals surface area contributed by atoms with Crippen LogP contribution in [0.25, 0.3) is 0 Å². The van der Waals surface area contributed by atoms with Gasteiger partial charge in [0.25, 0.3) is 0 Å². The summed E-state index contributed by atoms with van der Waals surface area (Å²) in [6, 6.07) is 0.836. The maximum absolute atomic E-state index is 11.8. The van der Waals surface area contributed by atoms with E-state index in [0.29, 0.717) is 18.6 Å². The Morgan fingerprint density at radius 1 is 1.43 bits per heavy atom. The maximum Gasteiger partial charge on any atom is 0.407 e. The SMILES string of the molecule is CCCCC(CNC(=O)OC(C)(C)C)NC1CCCNC1. The van der Waals surface area contributed by atoms with Crippen molar-refractivity contribution in [3.63, 3.8) is 0 Å². The average molecular weight is 299 g/mol. The molecule has 1 fully saturated rings. The summed E-state index contributed by atoms with van der Waals surface area (Å²) >= 11 is 0. The quantitative estimate of drug-likeness (QED) is 0.675. The van der Waals surface area contributed by atoms with Crippen molar-refractivity contribution in [2.75, 3.05) is 19.6 Å². The highest BCUT2D eigenvalue weighted by atomic mass is 16.6. The highest BCUT2D eigenvalue weighted by molar-refractivity contribution is 5.67. The first-order chi connectivity index (χ1) is 9.90. The van der Waals surface area contributed by atoms with Gasteiger partial charge in [-0.1, -0.05) is 19.8 Å². The minimum atomic E-state index is -0.441. The first-order valence-corrected chi connectivity index (χ1v) is 8.34. The summed E-state index contributed by atoms with van der Waals surface area (Å²) in [5.41, 5.74) is -0.441. The Balaban J connectivity index is 2.36. The van der Waals surface area contributed by atoms with Gasteiger partial charge in [0.1, 0.15) is 5.60 Å². The van der Waals surface area contributed by atoms with Crippen molar-refractivity contribution in [3.05, 3.63) is 0 Å². The normalized spacial score (nSPS) is 20.9. The molecule has 5 heteroatoms. The molecule has 1 aliphatic rings. The predicted molar refractivity (Wildman–Crippen MR) is 86.6 cm³/mol. The topological polar surface area (TPSA) is 62.4 Å². The zero-order valence-electron chi connectivity index (χ0n) is 14.1. The van der Waals surface area contributed by atoms with E-state index in [1.807, 2.05) is 20.8 Å². The van der Waals surface area contributed by atoms with Gasteiger partial charge in [-0.2, -0.15) is 0 Å². The monoisotopic (exact) mass is 299 g/mol. The molecule has 2 atom stereocenters. The van der Waals surface area contributed by atoms with Gasteiger partial charge in [-0.25, -0.2) is 4.79 Å². The van der Waals surface area contributed by atoms with Crippen LogP contribution in [0.2, 0.25) is 0 Å². The molecule has 0 aliphatic carbocycles. The number of ether oxygens (including phenoxy) is 1. The Hall–Kier alpha value is -0.810. The summed E-state index contributed by atoms with van der Waals surface area (Å²) in [6.45, 7) is 10.6. The Bertz CT molecular complexity index is 296. The molecule has 0 aromatic rings. The summed E-state index contributed by atoms with van der Waals surface area (Å²) in [5.74, 6) is 0. The van der Waals surface area contributed by atoms with Gasteiger partial charge in [0.2, 0.25) is 0 Å². The lowest BCUT2D eigenvalue weighted by molar-refractivity contribution is 0.0520. The van der Waals surface area contributed by atoms with E-state index in [1.54, 1.807) is 0 Å². The molecule has 124 valence electrons. The molecule has 3 N–H and O–H groups in total. The number of alkyl carbamates (subject to hydrolysis) is 1. The molecule has 0 bridgehead atoms. The summed E-state index contributed by atoms with van der Waals surface area (Å²) in [4.78, 5) is 11.8. The number of piperidine rings is 1. The van der Waals surface area contributed by atoms with Gasteiger partial charge in [0.05, 0.1) is 0 Å². The molecule has 0 radical (unpaired) electrons. The van der Waals surface area contributed by atoms with Gasteiger partial charge in [0, 0.05) is 25.2 Å². The van der Waals surface area contributed by atoms with Gasteiger partial charge in [-0.3, -0.25) is 0 Å². The van der Waals surface area contributed by atoms with Crippen molar-refractivity contribution in [2.24, 2.45) is 0 Å². The third-order valence-electron chi connectivity index (χ3n) is 3.57. The summed E-state index contributed by atoms with van der Waals surface area (Å²) < 4.78 is 5.29. The Morgan fingerprint density at radius 3 is 2.76 bits per heavy atom. The highest BCUT2D eigenvalue weighted by Crippen LogP contribution is 2.08. The van der Waals surface area contributed by atoms with Crippen LogP contribution in [0.1, 0.15) is 59.8 Å². The van der Waals surface area contributed by atoms with Gasteiger partial charge in [0.15, 0.2) is 0 Å². The second-order valence-electron chi connectivity index (χ2n) is 6.93. The lowest BCUT2D eigenvalue weighted by Gasteiger charge is -2.29. The summed E-state index contributed by atoms with van der Waals surface area (Å²) in [5, 5.41) is 9.99. The van der Waals surface area contributed by atoms with Crippen molar-refractivity contribution in [2.45, 2.75) is 77.5 Å². The fourth-order valence-corrected chi connectivity index (χ4v) is 2.54. The van der Waals surface area contributed by atoms with Crippen LogP contribution < -0.4 is 16.0 Å². The third kappa shape index (κ3) is 8.94. The van der Waals surface area contributed by atoms with Crippen LogP contribution in [0.3, 0.4) is 0 Å². The van der Waals surface area contributed by atoms with E-state index in [1.165, 1.54) is 25.7 Å². The fraction of sp³-hybridized carbons (Fsp3) is 0.938. The molecule has 0 saturated carbocycles. The van der Waals surface area contributed by atoms with E-state index < -0.39 is 5.60 Å². The molecule has 0 aromatic carbocycles. The van der Waals surface area contributed by atoms with Crippen LogP contribution in [-0.4, -0.2) is 43.4 Å². The van der Waals surface area contributed by atoms with E-state index in [4.69, 9.17) is 4.74 Å². The van der Waals surface area contributed by atoms with Crippen LogP contribution in [0, 0.1) is 0 Å². The van der Waals surface area contributed by atoms with Crippen molar-refractivity contribution in [1.29, 1.82) is 0 Å². The Kier molecular flexibility index (Phi) is 8.04. The highest BCUT2D eigenvalue weighted by Gasteiger charge is 2.20. The molecule has 0 aromatic heterocycles. The standard InChI is InChI=1S/C16H33N3O2/c1-5-6-8-14(19-13-9-7-10-17-11-13)12-18-15(20)21-16(2,3)4/h13-14,17,19H,5-12H2,1-4H3,(H,18,20). The summed E-state index contributed by atoms with van der Waals surface area (Å²) in [7, 11) is 0. The number of hydrogen-bond donors (Lipinski definition) is 3. The Labute approximate surface area is 129 Å². The lowest BCUT2D eigenvalue weighted by Crippen LogP contribution is -2.51. The predicted octanol–water partition coefficient (Wildman–Crippen LogP) is 2.41. The van der Waals surface area contributed by atoms with Crippen molar-refractivity contribution in [1.82, 2.24) is 16.0 Å². The number of nitrogens with one attached hydrogen (secondary N) is 3. The van der Waals surface area contributed by atoms with E-state index in [2.05, 4.69) is 22.9 Å². The van der Waals surface area contributed by atoms with Crippen LogP contribution >= 0.6 is 0 Å². The number of rotatable bonds is 7. The van der Waals surface area contributed by atoms with Gasteiger partial charge in [-0.05, 0) is 46.6 Å². The van der Waals surface area contributed by atoms with Crippen LogP contribution in [0.15, 0.2) is 0 Å². The number of amides is 1.